The van der Waals surface area contributed by atoms with Crippen molar-refractivity contribution in [3.8, 4) is 0 Å². The van der Waals surface area contributed by atoms with Gasteiger partial charge in [-0.15, -0.1) is 10.2 Å². The molecule has 1 saturated carbocycles. The number of benzene rings is 2. The number of nitrogens with one attached hydrogen (secondary N) is 1. The average Bonchev–Trinajstić information content (AvgIpc) is 3.23. The number of hydrogen-bond acceptors (Lipinski definition) is 5. The molecule has 1 fully saturated rings. The van der Waals surface area contributed by atoms with E-state index in [1.807, 2.05) is 36.4 Å². The summed E-state index contributed by atoms with van der Waals surface area (Å²) in [6.45, 7) is 0. The Morgan fingerprint density at radius 3 is 2.21 bits per heavy atom. The highest BCUT2D eigenvalue weighted by molar-refractivity contribution is 7.99. The number of hydrogen-bond donors (Lipinski definition) is 1. The average molecular weight is 408 g/mol. The van der Waals surface area contributed by atoms with Crippen molar-refractivity contribution in [2.45, 2.75) is 49.3 Å². The highest BCUT2D eigenvalue weighted by atomic mass is 32.2. The first-order valence-electron chi connectivity index (χ1n) is 10.1. The van der Waals surface area contributed by atoms with Crippen molar-refractivity contribution >= 4 is 17.7 Å². The quantitative estimate of drug-likeness (QED) is 0.570. The highest BCUT2D eigenvalue weighted by Crippen LogP contribution is 2.32. The number of carbonyl (C=O) groups is 1. The Labute approximate surface area is 175 Å². The first-order chi connectivity index (χ1) is 14.3. The third kappa shape index (κ3) is 5.26. The van der Waals surface area contributed by atoms with E-state index in [9.17, 15) is 4.79 Å². The van der Waals surface area contributed by atoms with Crippen LogP contribution in [-0.2, 0) is 4.79 Å². The molecule has 29 heavy (non-hydrogen) atoms. The van der Waals surface area contributed by atoms with Crippen LogP contribution in [0.2, 0.25) is 0 Å². The van der Waals surface area contributed by atoms with E-state index in [0.717, 1.165) is 24.0 Å². The molecule has 5 nitrogen and oxygen atoms in total. The summed E-state index contributed by atoms with van der Waals surface area (Å²) in [4.78, 5) is 12.2. The second kappa shape index (κ2) is 9.74. The van der Waals surface area contributed by atoms with Crippen LogP contribution >= 0.6 is 11.8 Å². The largest absolute Gasteiger partial charge is 0.415 e. The lowest BCUT2D eigenvalue weighted by Crippen LogP contribution is -2.37. The molecule has 0 atom stereocenters. The van der Waals surface area contributed by atoms with Crippen LogP contribution in [0, 0.1) is 0 Å². The molecule has 2 aromatic carbocycles. The van der Waals surface area contributed by atoms with Crippen LogP contribution in [0.1, 0.15) is 55.0 Å². The van der Waals surface area contributed by atoms with Crippen LogP contribution in [0.25, 0.3) is 0 Å². The molecule has 1 aliphatic rings. The smallest absolute Gasteiger partial charge is 0.277 e. The zero-order valence-corrected chi connectivity index (χ0v) is 17.1. The van der Waals surface area contributed by atoms with Crippen molar-refractivity contribution < 1.29 is 9.21 Å². The normalized spacial score (nSPS) is 14.8. The number of carbonyl (C=O) groups excluding carboxylic acids is 1. The molecule has 0 saturated heterocycles. The Morgan fingerprint density at radius 1 is 0.966 bits per heavy atom. The van der Waals surface area contributed by atoms with Crippen molar-refractivity contribution in [3.05, 3.63) is 77.7 Å². The van der Waals surface area contributed by atoms with Gasteiger partial charge in [0.1, 0.15) is 0 Å². The maximum absolute atomic E-state index is 12.2. The number of amides is 1. The summed E-state index contributed by atoms with van der Waals surface area (Å²) in [6.07, 6.45) is 5.83. The van der Waals surface area contributed by atoms with Gasteiger partial charge in [-0.25, -0.2) is 0 Å². The minimum Gasteiger partial charge on any atom is -0.415 e. The lowest BCUT2D eigenvalue weighted by atomic mass is 9.91. The lowest BCUT2D eigenvalue weighted by Gasteiger charge is -2.22. The van der Waals surface area contributed by atoms with Crippen molar-refractivity contribution in [3.63, 3.8) is 0 Å². The standard InChI is InChI=1S/C23H25N3O2S/c27-20(24-19-14-8-3-9-15-19)16-29-23-26-25-22(28-23)21(17-10-4-1-5-11-17)18-12-6-2-7-13-18/h1-2,4-7,10-13,19,21H,3,8-9,14-16H2,(H,24,27). The van der Waals surface area contributed by atoms with E-state index in [4.69, 9.17) is 4.42 Å². The van der Waals surface area contributed by atoms with Crippen LogP contribution in [-0.4, -0.2) is 27.9 Å². The van der Waals surface area contributed by atoms with E-state index in [2.05, 4.69) is 39.8 Å². The Hall–Kier alpha value is -2.60. The summed E-state index contributed by atoms with van der Waals surface area (Å²) in [5.41, 5.74) is 2.18. The van der Waals surface area contributed by atoms with Crippen molar-refractivity contribution in [1.82, 2.24) is 15.5 Å². The molecule has 0 spiro atoms. The summed E-state index contributed by atoms with van der Waals surface area (Å²) in [5.74, 6) is 0.733. The Balaban J connectivity index is 1.44. The van der Waals surface area contributed by atoms with Gasteiger partial charge in [0.25, 0.3) is 5.22 Å². The molecule has 3 aromatic rings. The second-order valence-corrected chi connectivity index (χ2v) is 8.28. The van der Waals surface area contributed by atoms with E-state index in [0.29, 0.717) is 22.9 Å². The van der Waals surface area contributed by atoms with E-state index < -0.39 is 0 Å². The molecule has 6 heteroatoms. The monoisotopic (exact) mass is 407 g/mol. The number of thioether (sulfide) groups is 1. The molecular formula is C23H25N3O2S. The van der Waals surface area contributed by atoms with Crippen LogP contribution in [0.5, 0.6) is 0 Å². The van der Waals surface area contributed by atoms with Crippen LogP contribution in [0.3, 0.4) is 0 Å². The predicted octanol–water partition coefficient (Wildman–Crippen LogP) is 4.79. The fraction of sp³-hybridized carbons (Fsp3) is 0.348. The van der Waals surface area contributed by atoms with Gasteiger partial charge in [-0.1, -0.05) is 91.7 Å². The van der Waals surface area contributed by atoms with Gasteiger partial charge in [-0.3, -0.25) is 4.79 Å². The maximum Gasteiger partial charge on any atom is 0.277 e. The number of nitrogens with zero attached hydrogens (tertiary/aromatic N) is 2. The molecule has 0 radical (unpaired) electrons. The summed E-state index contributed by atoms with van der Waals surface area (Å²) in [7, 11) is 0. The molecule has 150 valence electrons. The molecule has 1 N–H and O–H groups in total. The fourth-order valence-electron chi connectivity index (χ4n) is 3.81. The summed E-state index contributed by atoms with van der Waals surface area (Å²) < 4.78 is 5.96. The van der Waals surface area contributed by atoms with Gasteiger partial charge in [0.05, 0.1) is 11.7 Å². The zero-order chi connectivity index (χ0) is 19.9. The van der Waals surface area contributed by atoms with Gasteiger partial charge in [-0.2, -0.15) is 0 Å². The molecule has 0 bridgehead atoms. The first kappa shape index (κ1) is 19.7. The van der Waals surface area contributed by atoms with Crippen LogP contribution < -0.4 is 5.32 Å². The summed E-state index contributed by atoms with van der Waals surface area (Å²) in [6, 6.07) is 20.6. The van der Waals surface area contributed by atoms with Gasteiger partial charge >= 0.3 is 0 Å². The highest BCUT2D eigenvalue weighted by Gasteiger charge is 2.23. The molecular weight excluding hydrogens is 382 g/mol. The van der Waals surface area contributed by atoms with E-state index in [1.54, 1.807) is 0 Å². The van der Waals surface area contributed by atoms with Crippen molar-refractivity contribution in [1.29, 1.82) is 0 Å². The fourth-order valence-corrected chi connectivity index (χ4v) is 4.39. The van der Waals surface area contributed by atoms with Crippen molar-refractivity contribution in [2.24, 2.45) is 0 Å². The Bertz CT molecular complexity index is 869. The molecule has 1 heterocycles. The van der Waals surface area contributed by atoms with Crippen LogP contribution in [0.4, 0.5) is 0 Å². The number of aromatic nitrogens is 2. The number of rotatable bonds is 7. The van der Waals surface area contributed by atoms with E-state index in [-0.39, 0.29) is 11.8 Å². The minimum atomic E-state index is -0.129. The minimum absolute atomic E-state index is 0.0318. The van der Waals surface area contributed by atoms with Gasteiger partial charge in [0.2, 0.25) is 11.8 Å². The molecule has 0 unspecified atom stereocenters. The molecule has 1 aliphatic carbocycles. The van der Waals surface area contributed by atoms with Crippen molar-refractivity contribution in [2.75, 3.05) is 5.75 Å². The topological polar surface area (TPSA) is 68.0 Å². The van der Waals surface area contributed by atoms with E-state index >= 15 is 0 Å². The Morgan fingerprint density at radius 2 is 1.59 bits per heavy atom. The van der Waals surface area contributed by atoms with E-state index in [1.165, 1.54) is 31.0 Å². The van der Waals surface area contributed by atoms with Gasteiger partial charge in [0.15, 0.2) is 0 Å². The van der Waals surface area contributed by atoms with Crippen LogP contribution in [0.15, 0.2) is 70.3 Å². The zero-order valence-electron chi connectivity index (χ0n) is 16.3. The SMILES string of the molecule is O=C(CSc1nnc(C(c2ccccc2)c2ccccc2)o1)NC1CCCCC1. The summed E-state index contributed by atoms with van der Waals surface area (Å²) in [5, 5.41) is 12.0. The van der Waals surface area contributed by atoms with Gasteiger partial charge < -0.3 is 9.73 Å². The maximum atomic E-state index is 12.2. The molecule has 1 amide bonds. The lowest BCUT2D eigenvalue weighted by molar-refractivity contribution is -0.119. The predicted molar refractivity (Wildman–Crippen MR) is 114 cm³/mol. The third-order valence-corrected chi connectivity index (χ3v) is 6.05. The first-order valence-corrected chi connectivity index (χ1v) is 11.1. The molecule has 1 aromatic heterocycles. The second-order valence-electron chi connectivity index (χ2n) is 7.35. The molecule has 0 aliphatic heterocycles. The molecule has 4 rings (SSSR count). The Kier molecular flexibility index (Phi) is 6.62. The summed E-state index contributed by atoms with van der Waals surface area (Å²) >= 11 is 1.29. The van der Waals surface area contributed by atoms with Gasteiger partial charge in [-0.05, 0) is 24.0 Å². The third-order valence-electron chi connectivity index (χ3n) is 5.23. The van der Waals surface area contributed by atoms with Gasteiger partial charge in [0, 0.05) is 6.04 Å².